The van der Waals surface area contributed by atoms with Crippen molar-refractivity contribution in [1.82, 2.24) is 9.97 Å². The number of para-hydroxylation sites is 1. The van der Waals surface area contributed by atoms with E-state index in [9.17, 15) is 4.39 Å². The number of halogens is 1. The summed E-state index contributed by atoms with van der Waals surface area (Å²) in [7, 11) is 0. The van der Waals surface area contributed by atoms with Gasteiger partial charge in [-0.05, 0) is 25.0 Å². The van der Waals surface area contributed by atoms with Gasteiger partial charge in [-0.1, -0.05) is 32.8 Å². The Balaban J connectivity index is 2.35. The Hall–Kier alpha value is -1.91. The molecule has 2 aromatic rings. The van der Waals surface area contributed by atoms with Crippen LogP contribution in [-0.4, -0.2) is 16.0 Å². The lowest BCUT2D eigenvalue weighted by Crippen LogP contribution is -2.20. The molecule has 3 N–H and O–H groups in total. The minimum absolute atomic E-state index is 0.0930. The first-order valence-electron chi connectivity index (χ1n) is 7.14. The number of benzene rings is 1. The van der Waals surface area contributed by atoms with Crippen LogP contribution >= 0.6 is 0 Å². The van der Waals surface area contributed by atoms with E-state index in [0.717, 1.165) is 25.7 Å². The molecule has 1 heterocycles. The van der Waals surface area contributed by atoms with Gasteiger partial charge in [0.25, 0.3) is 0 Å². The maximum atomic E-state index is 13.8. The van der Waals surface area contributed by atoms with Gasteiger partial charge in [-0.3, -0.25) is 0 Å². The smallest absolute Gasteiger partial charge is 0.222 e. The van der Waals surface area contributed by atoms with E-state index in [1.54, 1.807) is 6.07 Å². The second kappa shape index (κ2) is 6.50. The molecule has 4 nitrogen and oxygen atoms in total. The number of nitrogens with two attached hydrogens (primary N) is 1. The van der Waals surface area contributed by atoms with Crippen LogP contribution < -0.4 is 11.1 Å². The van der Waals surface area contributed by atoms with Crippen LogP contribution in [0.1, 0.15) is 39.5 Å². The predicted octanol–water partition coefficient (Wildman–Crippen LogP) is 3.73. The van der Waals surface area contributed by atoms with E-state index < -0.39 is 0 Å². The van der Waals surface area contributed by atoms with E-state index in [0.29, 0.717) is 17.2 Å². The van der Waals surface area contributed by atoms with Gasteiger partial charge < -0.3 is 11.1 Å². The van der Waals surface area contributed by atoms with Crippen molar-refractivity contribution in [3.63, 3.8) is 0 Å². The third kappa shape index (κ3) is 3.15. The second-order valence-corrected chi connectivity index (χ2v) is 4.96. The molecular formula is C15H21FN4. The summed E-state index contributed by atoms with van der Waals surface area (Å²) in [6, 6.07) is 5.17. The molecule has 0 saturated heterocycles. The fraction of sp³-hybridized carbons (Fsp3) is 0.467. The average Bonchev–Trinajstić information content (AvgIpc) is 2.44. The number of rotatable bonds is 6. The summed E-state index contributed by atoms with van der Waals surface area (Å²) >= 11 is 0. The largest absolute Gasteiger partial charge is 0.368 e. The molecule has 2 rings (SSSR count). The summed E-state index contributed by atoms with van der Waals surface area (Å²) in [5.74, 6) is 0.339. The molecule has 0 spiro atoms. The lowest BCUT2D eigenvalue weighted by Gasteiger charge is -2.18. The van der Waals surface area contributed by atoms with E-state index in [1.165, 1.54) is 6.07 Å². The number of nitrogens with zero attached hydrogens (tertiary/aromatic N) is 2. The van der Waals surface area contributed by atoms with Crippen LogP contribution in [0.4, 0.5) is 16.2 Å². The molecule has 0 fully saturated rings. The maximum Gasteiger partial charge on any atom is 0.222 e. The van der Waals surface area contributed by atoms with Crippen LogP contribution in [-0.2, 0) is 0 Å². The third-order valence-electron chi connectivity index (χ3n) is 3.43. The molecule has 0 bridgehead atoms. The lowest BCUT2D eigenvalue weighted by atomic mass is 10.1. The van der Waals surface area contributed by atoms with Crippen LogP contribution in [0.2, 0.25) is 0 Å². The first-order chi connectivity index (χ1) is 9.65. The zero-order valence-electron chi connectivity index (χ0n) is 12.0. The van der Waals surface area contributed by atoms with E-state index >= 15 is 0 Å². The zero-order valence-corrected chi connectivity index (χ0v) is 12.0. The van der Waals surface area contributed by atoms with Gasteiger partial charge in [0, 0.05) is 11.4 Å². The molecule has 1 aromatic heterocycles. The number of hydrogen-bond donors (Lipinski definition) is 2. The van der Waals surface area contributed by atoms with Gasteiger partial charge in [-0.15, -0.1) is 0 Å². The highest BCUT2D eigenvalue weighted by atomic mass is 19.1. The van der Waals surface area contributed by atoms with E-state index in [2.05, 4.69) is 29.1 Å². The number of fused-ring (bicyclic) bond motifs is 1. The Labute approximate surface area is 118 Å². The Morgan fingerprint density at radius 3 is 2.80 bits per heavy atom. The number of anilines is 2. The molecule has 0 aliphatic carbocycles. The molecule has 5 heteroatoms. The second-order valence-electron chi connectivity index (χ2n) is 4.96. The molecule has 0 radical (unpaired) electrons. The fourth-order valence-corrected chi connectivity index (χ4v) is 2.27. The number of unbranched alkanes of at least 4 members (excludes halogenated alkanes) is 1. The standard InChI is InChI=1S/C15H21FN4/c1-3-5-7-10(4-2)18-14-11-8-6-9-12(16)13(11)19-15(17)20-14/h6,8-10H,3-5,7H2,1-2H3,(H3,17,18,19,20)/t10-/m1/s1. The summed E-state index contributed by atoms with van der Waals surface area (Å²) in [5, 5.41) is 4.05. The Bertz CT molecular complexity index is 585. The van der Waals surface area contributed by atoms with Gasteiger partial charge in [0.05, 0.1) is 0 Å². The van der Waals surface area contributed by atoms with Crippen molar-refractivity contribution in [2.45, 2.75) is 45.6 Å². The van der Waals surface area contributed by atoms with E-state index in [-0.39, 0.29) is 17.3 Å². The first-order valence-corrected chi connectivity index (χ1v) is 7.14. The van der Waals surface area contributed by atoms with E-state index in [4.69, 9.17) is 5.73 Å². The topological polar surface area (TPSA) is 63.8 Å². The van der Waals surface area contributed by atoms with Crippen molar-refractivity contribution in [3.05, 3.63) is 24.0 Å². The molecule has 1 aromatic carbocycles. The summed E-state index contributed by atoms with van der Waals surface area (Å²) in [5.41, 5.74) is 5.95. The van der Waals surface area contributed by atoms with Gasteiger partial charge in [0.2, 0.25) is 5.95 Å². The van der Waals surface area contributed by atoms with Crippen molar-refractivity contribution in [2.75, 3.05) is 11.1 Å². The molecule has 108 valence electrons. The molecule has 0 saturated carbocycles. The van der Waals surface area contributed by atoms with Crippen molar-refractivity contribution in [3.8, 4) is 0 Å². The van der Waals surface area contributed by atoms with Crippen molar-refractivity contribution in [2.24, 2.45) is 0 Å². The first kappa shape index (κ1) is 14.5. The molecule has 0 amide bonds. The number of aromatic nitrogens is 2. The quantitative estimate of drug-likeness (QED) is 0.843. The summed E-state index contributed by atoms with van der Waals surface area (Å²) < 4.78 is 13.8. The molecule has 0 aliphatic rings. The molecular weight excluding hydrogens is 255 g/mol. The number of hydrogen-bond acceptors (Lipinski definition) is 4. The minimum Gasteiger partial charge on any atom is -0.368 e. The number of nitrogens with one attached hydrogen (secondary N) is 1. The summed E-state index contributed by atoms with van der Waals surface area (Å²) in [6.07, 6.45) is 4.35. The highest BCUT2D eigenvalue weighted by molar-refractivity contribution is 5.90. The van der Waals surface area contributed by atoms with Crippen LogP contribution in [0.15, 0.2) is 18.2 Å². The van der Waals surface area contributed by atoms with Gasteiger partial charge in [-0.25, -0.2) is 9.37 Å². The average molecular weight is 276 g/mol. The van der Waals surface area contributed by atoms with Gasteiger partial charge in [0.1, 0.15) is 17.2 Å². The van der Waals surface area contributed by atoms with Gasteiger partial charge in [-0.2, -0.15) is 4.98 Å². The van der Waals surface area contributed by atoms with Crippen molar-refractivity contribution in [1.29, 1.82) is 0 Å². The summed E-state index contributed by atoms with van der Waals surface area (Å²) in [4.78, 5) is 8.21. The van der Waals surface area contributed by atoms with E-state index in [1.807, 2.05) is 6.07 Å². The monoisotopic (exact) mass is 276 g/mol. The zero-order chi connectivity index (χ0) is 14.5. The molecule has 20 heavy (non-hydrogen) atoms. The highest BCUT2D eigenvalue weighted by Crippen LogP contribution is 2.24. The third-order valence-corrected chi connectivity index (χ3v) is 3.43. The van der Waals surface area contributed by atoms with Gasteiger partial charge >= 0.3 is 0 Å². The Morgan fingerprint density at radius 1 is 1.30 bits per heavy atom. The molecule has 0 unspecified atom stereocenters. The normalized spacial score (nSPS) is 12.6. The predicted molar refractivity (Wildman–Crippen MR) is 81.1 cm³/mol. The van der Waals surface area contributed by atoms with Crippen LogP contribution in [0.25, 0.3) is 10.9 Å². The maximum absolute atomic E-state index is 13.8. The fourth-order valence-electron chi connectivity index (χ4n) is 2.27. The Kier molecular flexibility index (Phi) is 4.71. The Morgan fingerprint density at radius 2 is 2.10 bits per heavy atom. The van der Waals surface area contributed by atoms with Crippen LogP contribution in [0, 0.1) is 5.82 Å². The van der Waals surface area contributed by atoms with Crippen molar-refractivity contribution < 1.29 is 4.39 Å². The highest BCUT2D eigenvalue weighted by Gasteiger charge is 2.13. The minimum atomic E-state index is -0.374. The summed E-state index contributed by atoms with van der Waals surface area (Å²) in [6.45, 7) is 4.29. The molecule has 1 atom stereocenters. The van der Waals surface area contributed by atoms with Gasteiger partial charge in [0.15, 0.2) is 0 Å². The van der Waals surface area contributed by atoms with Crippen LogP contribution in [0.5, 0.6) is 0 Å². The molecule has 0 aliphatic heterocycles. The number of nitrogen functional groups attached to an aromatic ring is 1. The van der Waals surface area contributed by atoms with Crippen molar-refractivity contribution >= 4 is 22.7 Å². The lowest BCUT2D eigenvalue weighted by molar-refractivity contribution is 0.592. The SMILES string of the molecule is CCCC[C@@H](CC)Nc1nc(N)nc2c(F)cccc12. The van der Waals surface area contributed by atoms with Crippen LogP contribution in [0.3, 0.4) is 0 Å².